The Labute approximate surface area is 148 Å². The summed E-state index contributed by atoms with van der Waals surface area (Å²) in [5.74, 6) is -1.59. The number of alkyl halides is 3. The summed E-state index contributed by atoms with van der Waals surface area (Å²) in [6.45, 7) is 1.90. The Morgan fingerprint density at radius 3 is 2.72 bits per heavy atom. The van der Waals surface area contributed by atoms with E-state index in [0.717, 1.165) is 28.5 Å². The predicted octanol–water partition coefficient (Wildman–Crippen LogP) is 4.82. The molecule has 0 spiro atoms. The number of ketones is 1. The molecule has 0 saturated carbocycles. The van der Waals surface area contributed by atoms with E-state index in [1.165, 1.54) is 23.6 Å². The quantitative estimate of drug-likeness (QED) is 0.608. The minimum Gasteiger partial charge on any atom is -0.291 e. The highest BCUT2D eigenvalue weighted by atomic mass is 32.1. The molecular weight excluding hydrogens is 371 g/mol. The summed E-state index contributed by atoms with van der Waals surface area (Å²) in [5.41, 5.74) is -0.687. The predicted molar refractivity (Wildman–Crippen MR) is 88.8 cm³/mol. The van der Waals surface area contributed by atoms with Crippen molar-refractivity contribution in [2.24, 2.45) is 0 Å². The van der Waals surface area contributed by atoms with E-state index in [9.17, 15) is 23.2 Å². The number of fused-ring (bicyclic) bond motifs is 1. The van der Waals surface area contributed by atoms with Crippen molar-refractivity contribution in [2.75, 3.05) is 0 Å². The molecular formula is C16H10F3N3OS2. The summed E-state index contributed by atoms with van der Waals surface area (Å²) in [4.78, 5) is 21.1. The van der Waals surface area contributed by atoms with E-state index in [0.29, 0.717) is 16.0 Å². The summed E-state index contributed by atoms with van der Waals surface area (Å²) in [7, 11) is 0. The number of halogens is 3. The van der Waals surface area contributed by atoms with Gasteiger partial charge >= 0.3 is 6.18 Å². The zero-order chi connectivity index (χ0) is 18.2. The second kappa shape index (κ2) is 6.54. The number of aromatic nitrogens is 2. The maximum absolute atomic E-state index is 12.8. The molecule has 25 heavy (non-hydrogen) atoms. The second-order valence-electron chi connectivity index (χ2n) is 5.13. The molecule has 1 atom stereocenters. The summed E-state index contributed by atoms with van der Waals surface area (Å²) in [6, 6.07) is 5.10. The van der Waals surface area contributed by atoms with Crippen molar-refractivity contribution >= 4 is 38.7 Å². The van der Waals surface area contributed by atoms with E-state index in [4.69, 9.17) is 0 Å². The van der Waals surface area contributed by atoms with Crippen LogP contribution in [0.2, 0.25) is 0 Å². The third kappa shape index (κ3) is 3.41. The van der Waals surface area contributed by atoms with E-state index < -0.39 is 23.4 Å². The SMILES string of the molecule is CCc1ncc(C(=O)[C@@H](C#N)c2nc3cc(C(F)(F)F)ccc3s2)s1. The Balaban J connectivity index is 1.98. The van der Waals surface area contributed by atoms with Gasteiger partial charge in [0.05, 0.1) is 31.7 Å². The fourth-order valence-electron chi connectivity index (χ4n) is 2.20. The first-order chi connectivity index (χ1) is 11.8. The first-order valence-corrected chi connectivity index (χ1v) is 8.83. The van der Waals surface area contributed by atoms with Crippen LogP contribution in [0, 0.1) is 11.3 Å². The standard InChI is InChI=1S/C16H10F3N3OS2/c1-2-13-21-7-12(24-13)14(23)9(6-20)15-22-10-5-8(16(17,18)19)3-4-11(10)25-15/h3-5,7,9H,2H2,1H3/t9-/m1/s1. The van der Waals surface area contributed by atoms with Gasteiger partial charge in [-0.15, -0.1) is 22.7 Å². The molecule has 0 aliphatic carbocycles. The number of carbonyl (C=O) groups is 1. The van der Waals surface area contributed by atoms with Crippen molar-refractivity contribution in [3.8, 4) is 6.07 Å². The Bertz CT molecular complexity index is 985. The highest BCUT2D eigenvalue weighted by Gasteiger charge is 2.32. The molecule has 0 amide bonds. The molecule has 1 aromatic carbocycles. The van der Waals surface area contributed by atoms with E-state index in [-0.39, 0.29) is 10.5 Å². The lowest BCUT2D eigenvalue weighted by atomic mass is 10.1. The average molecular weight is 381 g/mol. The lowest BCUT2D eigenvalue weighted by Crippen LogP contribution is -2.09. The summed E-state index contributed by atoms with van der Waals surface area (Å²) in [6.07, 6.45) is -2.37. The van der Waals surface area contributed by atoms with Crippen molar-refractivity contribution in [1.29, 1.82) is 5.26 Å². The van der Waals surface area contributed by atoms with Gasteiger partial charge in [-0.25, -0.2) is 9.97 Å². The van der Waals surface area contributed by atoms with Crippen LogP contribution >= 0.6 is 22.7 Å². The van der Waals surface area contributed by atoms with E-state index in [2.05, 4.69) is 9.97 Å². The molecule has 4 nitrogen and oxygen atoms in total. The van der Waals surface area contributed by atoms with Crippen LogP contribution in [-0.2, 0) is 12.6 Å². The van der Waals surface area contributed by atoms with Gasteiger partial charge in [-0.1, -0.05) is 6.92 Å². The average Bonchev–Trinajstić information content (AvgIpc) is 3.20. The monoisotopic (exact) mass is 381 g/mol. The first kappa shape index (κ1) is 17.5. The van der Waals surface area contributed by atoms with Crippen molar-refractivity contribution in [3.63, 3.8) is 0 Å². The molecule has 0 aliphatic rings. The van der Waals surface area contributed by atoms with Crippen molar-refractivity contribution < 1.29 is 18.0 Å². The third-order valence-corrected chi connectivity index (χ3v) is 5.73. The van der Waals surface area contributed by atoms with Gasteiger partial charge in [0, 0.05) is 6.20 Å². The number of Topliss-reactive ketones (excluding diaryl/α,β-unsaturated/α-hetero) is 1. The van der Waals surface area contributed by atoms with Crippen LogP contribution < -0.4 is 0 Å². The minimum absolute atomic E-state index is 0.126. The van der Waals surface area contributed by atoms with Gasteiger partial charge in [-0.2, -0.15) is 18.4 Å². The molecule has 0 saturated heterocycles. The second-order valence-corrected chi connectivity index (χ2v) is 7.31. The normalized spacial score (nSPS) is 12.9. The number of benzene rings is 1. The largest absolute Gasteiger partial charge is 0.416 e. The Kier molecular flexibility index (Phi) is 4.58. The molecule has 0 N–H and O–H groups in total. The van der Waals surface area contributed by atoms with Gasteiger partial charge in [0.25, 0.3) is 0 Å². The van der Waals surface area contributed by atoms with Crippen molar-refractivity contribution in [1.82, 2.24) is 9.97 Å². The smallest absolute Gasteiger partial charge is 0.291 e. The van der Waals surface area contributed by atoms with Crippen LogP contribution in [0.1, 0.15) is 38.1 Å². The highest BCUT2D eigenvalue weighted by molar-refractivity contribution is 7.19. The number of thiazole rings is 2. The molecule has 2 heterocycles. The molecule has 3 aromatic rings. The number of carbonyl (C=O) groups excluding carboxylic acids is 1. The van der Waals surface area contributed by atoms with E-state index in [1.807, 2.05) is 13.0 Å². The molecule has 128 valence electrons. The van der Waals surface area contributed by atoms with Crippen LogP contribution in [0.4, 0.5) is 13.2 Å². The summed E-state index contributed by atoms with van der Waals surface area (Å²) >= 11 is 2.26. The lowest BCUT2D eigenvalue weighted by molar-refractivity contribution is -0.137. The molecule has 0 fully saturated rings. The molecule has 2 aromatic heterocycles. The number of hydrogen-bond acceptors (Lipinski definition) is 6. The van der Waals surface area contributed by atoms with Gasteiger partial charge in [0.2, 0.25) is 0 Å². The van der Waals surface area contributed by atoms with Gasteiger partial charge < -0.3 is 0 Å². The topological polar surface area (TPSA) is 66.6 Å². The van der Waals surface area contributed by atoms with Crippen molar-refractivity contribution in [2.45, 2.75) is 25.4 Å². The minimum atomic E-state index is -4.47. The van der Waals surface area contributed by atoms with Crippen LogP contribution in [0.25, 0.3) is 10.2 Å². The summed E-state index contributed by atoms with van der Waals surface area (Å²) < 4.78 is 38.9. The Hall–Kier alpha value is -2.31. The van der Waals surface area contributed by atoms with Crippen LogP contribution in [0.15, 0.2) is 24.4 Å². The number of aryl methyl sites for hydroxylation is 1. The van der Waals surface area contributed by atoms with E-state index in [1.54, 1.807) is 0 Å². The number of rotatable bonds is 4. The van der Waals surface area contributed by atoms with Gasteiger partial charge in [0.1, 0.15) is 5.01 Å². The fraction of sp³-hybridized carbons (Fsp3) is 0.250. The molecule has 9 heteroatoms. The van der Waals surface area contributed by atoms with E-state index >= 15 is 0 Å². The van der Waals surface area contributed by atoms with Gasteiger partial charge in [-0.3, -0.25) is 4.79 Å². The number of nitrogens with zero attached hydrogens (tertiary/aromatic N) is 3. The maximum atomic E-state index is 12.8. The lowest BCUT2D eigenvalue weighted by Gasteiger charge is -2.04. The molecule has 0 aliphatic heterocycles. The Morgan fingerprint density at radius 2 is 2.12 bits per heavy atom. The fourth-order valence-corrected chi connectivity index (χ4v) is 4.02. The Morgan fingerprint density at radius 1 is 1.36 bits per heavy atom. The molecule has 0 unspecified atom stereocenters. The maximum Gasteiger partial charge on any atom is 0.416 e. The zero-order valence-electron chi connectivity index (χ0n) is 12.8. The molecule has 0 radical (unpaired) electrons. The number of hydrogen-bond donors (Lipinski definition) is 0. The summed E-state index contributed by atoms with van der Waals surface area (Å²) in [5, 5.41) is 10.3. The molecule has 3 rings (SSSR count). The molecule has 0 bridgehead atoms. The third-order valence-electron chi connectivity index (χ3n) is 3.47. The zero-order valence-corrected chi connectivity index (χ0v) is 14.4. The van der Waals surface area contributed by atoms with Crippen LogP contribution in [0.5, 0.6) is 0 Å². The van der Waals surface area contributed by atoms with Crippen LogP contribution in [0.3, 0.4) is 0 Å². The number of nitriles is 1. The first-order valence-electron chi connectivity index (χ1n) is 7.19. The van der Waals surface area contributed by atoms with Gasteiger partial charge in [-0.05, 0) is 24.6 Å². The van der Waals surface area contributed by atoms with Crippen molar-refractivity contribution in [3.05, 3.63) is 44.9 Å². The van der Waals surface area contributed by atoms with Gasteiger partial charge in [0.15, 0.2) is 11.7 Å². The highest BCUT2D eigenvalue weighted by Crippen LogP contribution is 2.35. The van der Waals surface area contributed by atoms with Crippen LogP contribution in [-0.4, -0.2) is 15.8 Å².